The van der Waals surface area contributed by atoms with E-state index in [0.29, 0.717) is 22.2 Å². The van der Waals surface area contributed by atoms with Crippen LogP contribution in [-0.2, 0) is 23.1 Å². The molecule has 0 saturated heterocycles. The van der Waals surface area contributed by atoms with Crippen molar-refractivity contribution in [2.24, 2.45) is 11.3 Å². The third-order valence-electron chi connectivity index (χ3n) is 5.95. The largest absolute Gasteiger partial charge is 0.484 e. The number of nitriles is 1. The van der Waals surface area contributed by atoms with Gasteiger partial charge in [-0.05, 0) is 59.3 Å². The van der Waals surface area contributed by atoms with E-state index >= 15 is 0 Å². The number of nitrogens with zero attached hydrogens (tertiary/aromatic N) is 1. The minimum absolute atomic E-state index is 0.0765. The highest BCUT2D eigenvalue weighted by molar-refractivity contribution is 7.16. The van der Waals surface area contributed by atoms with E-state index in [0.717, 1.165) is 24.8 Å². The van der Waals surface area contributed by atoms with Crippen LogP contribution < -0.4 is 10.1 Å². The summed E-state index contributed by atoms with van der Waals surface area (Å²) in [6.45, 7) is 13.2. The minimum atomic E-state index is -0.239. The fraction of sp³-hybridized carbons (Fsp3) is 0.520. The molecule has 1 aromatic heterocycles. The lowest BCUT2D eigenvalue weighted by atomic mass is 9.72. The zero-order valence-corrected chi connectivity index (χ0v) is 19.7. The van der Waals surface area contributed by atoms with Crippen molar-refractivity contribution in [2.45, 2.75) is 66.2 Å². The monoisotopic (exact) mass is 424 g/mol. The molecule has 1 N–H and O–H groups in total. The molecule has 160 valence electrons. The fourth-order valence-corrected chi connectivity index (χ4v) is 5.19. The van der Waals surface area contributed by atoms with Crippen LogP contribution in [0, 0.1) is 22.7 Å². The first-order chi connectivity index (χ1) is 14.0. The third-order valence-corrected chi connectivity index (χ3v) is 7.11. The van der Waals surface area contributed by atoms with Crippen molar-refractivity contribution in [3.05, 3.63) is 45.8 Å². The highest BCUT2D eigenvalue weighted by atomic mass is 32.1. The van der Waals surface area contributed by atoms with Gasteiger partial charge >= 0.3 is 0 Å². The predicted molar refractivity (Wildman–Crippen MR) is 123 cm³/mol. The Hall–Kier alpha value is -2.32. The summed E-state index contributed by atoms with van der Waals surface area (Å²) >= 11 is 1.55. The molecule has 0 fully saturated rings. The van der Waals surface area contributed by atoms with Crippen molar-refractivity contribution in [2.75, 3.05) is 11.9 Å². The molecule has 1 atom stereocenters. The number of rotatable bonds is 4. The molecule has 3 rings (SSSR count). The van der Waals surface area contributed by atoms with E-state index in [1.807, 2.05) is 24.3 Å². The Morgan fingerprint density at radius 1 is 1.20 bits per heavy atom. The summed E-state index contributed by atoms with van der Waals surface area (Å²) in [5.74, 6) is 1.02. The van der Waals surface area contributed by atoms with Crippen LogP contribution in [-0.4, -0.2) is 12.5 Å². The number of benzene rings is 1. The highest BCUT2D eigenvalue weighted by Gasteiger charge is 2.32. The topological polar surface area (TPSA) is 62.1 Å². The molecule has 30 heavy (non-hydrogen) atoms. The molecule has 0 saturated carbocycles. The number of anilines is 1. The maximum Gasteiger partial charge on any atom is 0.262 e. The molecule has 1 heterocycles. The summed E-state index contributed by atoms with van der Waals surface area (Å²) in [5, 5.41) is 13.2. The van der Waals surface area contributed by atoms with Gasteiger partial charge in [-0.2, -0.15) is 5.26 Å². The predicted octanol–water partition coefficient (Wildman–Crippen LogP) is 6.09. The van der Waals surface area contributed by atoms with E-state index in [4.69, 9.17) is 4.74 Å². The first kappa shape index (κ1) is 22.4. The second-order valence-corrected chi connectivity index (χ2v) is 11.3. The molecule has 4 nitrogen and oxygen atoms in total. The summed E-state index contributed by atoms with van der Waals surface area (Å²) in [6, 6.07) is 10.2. The number of nitrogens with one attached hydrogen (secondary N) is 1. The number of carbonyl (C=O) groups excluding carboxylic acids is 1. The number of carbonyl (C=O) groups is 1. The van der Waals surface area contributed by atoms with Crippen molar-refractivity contribution >= 4 is 22.2 Å². The van der Waals surface area contributed by atoms with Crippen molar-refractivity contribution in [3.8, 4) is 11.8 Å². The zero-order valence-electron chi connectivity index (χ0n) is 18.9. The molecule has 0 bridgehead atoms. The smallest absolute Gasteiger partial charge is 0.262 e. The lowest BCUT2D eigenvalue weighted by Crippen LogP contribution is -2.26. The molecule has 1 unspecified atom stereocenters. The minimum Gasteiger partial charge on any atom is -0.484 e. The fourth-order valence-electron chi connectivity index (χ4n) is 3.89. The van der Waals surface area contributed by atoms with Crippen LogP contribution in [0.4, 0.5) is 5.00 Å². The number of amides is 1. The van der Waals surface area contributed by atoms with Crippen LogP contribution in [0.15, 0.2) is 24.3 Å². The number of hydrogen-bond acceptors (Lipinski definition) is 4. The van der Waals surface area contributed by atoms with Crippen LogP contribution in [0.2, 0.25) is 0 Å². The Morgan fingerprint density at radius 3 is 2.43 bits per heavy atom. The van der Waals surface area contributed by atoms with Crippen molar-refractivity contribution in [3.63, 3.8) is 0 Å². The van der Waals surface area contributed by atoms with Gasteiger partial charge in [0.25, 0.3) is 5.91 Å². The SMILES string of the molecule is CC(C)(C)c1ccc(OCC(=O)Nc2sc3c(c2C#N)CCC(C(C)(C)C)C3)cc1. The molecule has 1 aromatic carbocycles. The maximum absolute atomic E-state index is 12.5. The van der Waals surface area contributed by atoms with Crippen LogP contribution in [0.1, 0.15) is 69.5 Å². The Morgan fingerprint density at radius 2 is 1.87 bits per heavy atom. The van der Waals surface area contributed by atoms with Gasteiger partial charge in [-0.25, -0.2) is 0 Å². The molecule has 1 amide bonds. The lowest BCUT2D eigenvalue weighted by molar-refractivity contribution is -0.118. The van der Waals surface area contributed by atoms with E-state index in [1.165, 1.54) is 10.4 Å². The molecular weight excluding hydrogens is 392 g/mol. The van der Waals surface area contributed by atoms with Gasteiger partial charge in [0.1, 0.15) is 16.8 Å². The number of hydrogen-bond donors (Lipinski definition) is 1. The highest BCUT2D eigenvalue weighted by Crippen LogP contribution is 2.44. The standard InChI is InChI=1S/C25H32N2O2S/c1-24(2,3)16-7-10-18(11-8-16)29-15-22(28)27-23-20(14-26)19-12-9-17(25(4,5)6)13-21(19)30-23/h7-8,10-11,17H,9,12-13,15H2,1-6H3,(H,27,28). The molecule has 1 aliphatic rings. The Labute approximate surface area is 184 Å². The average Bonchev–Trinajstić information content (AvgIpc) is 3.01. The average molecular weight is 425 g/mol. The molecule has 1 aliphatic carbocycles. The van der Waals surface area contributed by atoms with E-state index < -0.39 is 0 Å². The number of fused-ring (bicyclic) bond motifs is 1. The van der Waals surface area contributed by atoms with Gasteiger partial charge in [-0.15, -0.1) is 11.3 Å². The first-order valence-corrected chi connectivity index (χ1v) is 11.4. The number of ether oxygens (including phenoxy) is 1. The Bertz CT molecular complexity index is 953. The molecular formula is C25H32N2O2S. The summed E-state index contributed by atoms with van der Waals surface area (Å²) in [4.78, 5) is 13.7. The summed E-state index contributed by atoms with van der Waals surface area (Å²) in [7, 11) is 0. The summed E-state index contributed by atoms with van der Waals surface area (Å²) in [6.07, 6.45) is 2.97. The van der Waals surface area contributed by atoms with Crippen LogP contribution in [0.3, 0.4) is 0 Å². The van der Waals surface area contributed by atoms with Gasteiger partial charge in [-0.3, -0.25) is 4.79 Å². The Kier molecular flexibility index (Phi) is 6.29. The van der Waals surface area contributed by atoms with Crippen LogP contribution in [0.5, 0.6) is 5.75 Å². The second-order valence-electron chi connectivity index (χ2n) is 10.2. The van der Waals surface area contributed by atoms with Crippen LogP contribution >= 0.6 is 11.3 Å². The summed E-state index contributed by atoms with van der Waals surface area (Å²) in [5.41, 5.74) is 3.29. The van der Waals surface area contributed by atoms with Gasteiger partial charge in [0.05, 0.1) is 5.56 Å². The molecule has 2 aromatic rings. The van der Waals surface area contributed by atoms with E-state index in [2.05, 4.69) is 52.9 Å². The van der Waals surface area contributed by atoms with Gasteiger partial charge in [0.15, 0.2) is 6.61 Å². The lowest BCUT2D eigenvalue weighted by Gasteiger charge is -2.33. The van der Waals surface area contributed by atoms with E-state index in [9.17, 15) is 10.1 Å². The quantitative estimate of drug-likeness (QED) is 0.646. The van der Waals surface area contributed by atoms with Gasteiger partial charge in [0, 0.05) is 4.88 Å². The third kappa shape index (κ3) is 5.05. The normalized spacial score (nSPS) is 16.5. The van der Waals surface area contributed by atoms with E-state index in [-0.39, 0.29) is 23.3 Å². The zero-order chi connectivity index (χ0) is 22.1. The Balaban J connectivity index is 1.65. The van der Waals surface area contributed by atoms with Gasteiger partial charge in [0.2, 0.25) is 0 Å². The summed E-state index contributed by atoms with van der Waals surface area (Å²) < 4.78 is 5.65. The van der Waals surface area contributed by atoms with Crippen LogP contribution in [0.25, 0.3) is 0 Å². The van der Waals surface area contributed by atoms with Crippen molar-refractivity contribution in [1.29, 1.82) is 5.26 Å². The molecule has 0 radical (unpaired) electrons. The maximum atomic E-state index is 12.5. The number of thiophene rings is 1. The second kappa shape index (κ2) is 8.43. The molecule has 0 aliphatic heterocycles. The first-order valence-electron chi connectivity index (χ1n) is 10.6. The van der Waals surface area contributed by atoms with Crippen molar-refractivity contribution < 1.29 is 9.53 Å². The molecule has 5 heteroatoms. The molecule has 0 spiro atoms. The van der Waals surface area contributed by atoms with Gasteiger partial charge < -0.3 is 10.1 Å². The van der Waals surface area contributed by atoms with Crippen molar-refractivity contribution in [1.82, 2.24) is 0 Å². The van der Waals surface area contributed by atoms with E-state index in [1.54, 1.807) is 11.3 Å². The van der Waals surface area contributed by atoms with Gasteiger partial charge in [-0.1, -0.05) is 53.7 Å².